The van der Waals surface area contributed by atoms with Crippen molar-refractivity contribution in [1.29, 1.82) is 0 Å². The van der Waals surface area contributed by atoms with Crippen molar-refractivity contribution in [2.75, 3.05) is 41.5 Å². The lowest BCUT2D eigenvalue weighted by atomic mass is 9.98. The molecule has 0 unspecified atom stereocenters. The predicted molar refractivity (Wildman–Crippen MR) is 126 cm³/mol. The summed E-state index contributed by atoms with van der Waals surface area (Å²) in [6.07, 6.45) is 2.30. The Morgan fingerprint density at radius 3 is 2.06 bits per heavy atom. The minimum absolute atomic E-state index is 0.118. The van der Waals surface area contributed by atoms with Gasteiger partial charge < -0.3 is 18.9 Å². The van der Waals surface area contributed by atoms with Gasteiger partial charge in [0.05, 0.1) is 39.5 Å². The number of ether oxygens (including phenoxy) is 4. The van der Waals surface area contributed by atoms with Crippen LogP contribution in [0.4, 0.5) is 0 Å². The highest BCUT2D eigenvalue weighted by atomic mass is 32.2. The van der Waals surface area contributed by atoms with Gasteiger partial charge >= 0.3 is 0 Å². The largest absolute Gasteiger partial charge is 0.493 e. The number of hydrogen-bond donors (Lipinski definition) is 1. The van der Waals surface area contributed by atoms with Gasteiger partial charge in [-0.15, -0.1) is 0 Å². The first kappa shape index (κ1) is 25.3. The van der Waals surface area contributed by atoms with Crippen LogP contribution in [0.15, 0.2) is 46.4 Å². The first-order chi connectivity index (χ1) is 16.3. The van der Waals surface area contributed by atoms with E-state index in [4.69, 9.17) is 18.9 Å². The molecule has 1 heterocycles. The predicted octanol–water partition coefficient (Wildman–Crippen LogP) is 2.27. The van der Waals surface area contributed by atoms with Gasteiger partial charge in [-0.25, -0.2) is 13.8 Å². The maximum absolute atomic E-state index is 13.0. The molecule has 1 fully saturated rings. The number of amides is 1. The van der Waals surface area contributed by atoms with E-state index in [0.717, 1.165) is 5.56 Å². The molecule has 11 heteroatoms. The van der Waals surface area contributed by atoms with E-state index in [1.165, 1.54) is 44.0 Å². The Hall–Kier alpha value is -3.31. The first-order valence-corrected chi connectivity index (χ1v) is 12.0. The lowest BCUT2D eigenvalue weighted by molar-refractivity contribution is -0.126. The van der Waals surface area contributed by atoms with E-state index in [-0.39, 0.29) is 29.8 Å². The summed E-state index contributed by atoms with van der Waals surface area (Å²) >= 11 is 0. The number of nitrogens with zero attached hydrogens (tertiary/aromatic N) is 2. The number of carbonyl (C=O) groups excluding carboxylic acids is 1. The standard InChI is InChI=1S/C23H29N3O7S/c1-30-19-7-5-16(13-21(19)32-3)15-24-25-23(27)17-9-11-26(12-10-17)34(28,29)18-6-8-20(31-2)22(14-18)33-4/h5-8,13-15,17H,9-12H2,1-4H3,(H,25,27)/b24-15-. The normalized spacial score (nSPS) is 15.2. The molecule has 0 saturated carbocycles. The highest BCUT2D eigenvalue weighted by Crippen LogP contribution is 2.32. The Kier molecular flexibility index (Phi) is 8.35. The highest BCUT2D eigenvalue weighted by molar-refractivity contribution is 7.89. The van der Waals surface area contributed by atoms with Gasteiger partial charge in [-0.1, -0.05) is 0 Å². The molecule has 0 bridgehead atoms. The van der Waals surface area contributed by atoms with Gasteiger partial charge in [0.2, 0.25) is 15.9 Å². The summed E-state index contributed by atoms with van der Waals surface area (Å²) in [5.41, 5.74) is 3.27. The number of hydrogen-bond acceptors (Lipinski definition) is 8. The van der Waals surface area contributed by atoms with E-state index in [1.807, 2.05) is 0 Å². The minimum Gasteiger partial charge on any atom is -0.493 e. The van der Waals surface area contributed by atoms with Crippen molar-refractivity contribution in [3.05, 3.63) is 42.0 Å². The van der Waals surface area contributed by atoms with Crippen molar-refractivity contribution < 1.29 is 32.2 Å². The van der Waals surface area contributed by atoms with Crippen LogP contribution >= 0.6 is 0 Å². The first-order valence-electron chi connectivity index (χ1n) is 10.6. The Labute approximate surface area is 199 Å². The quantitative estimate of drug-likeness (QED) is 0.423. The van der Waals surface area contributed by atoms with E-state index in [9.17, 15) is 13.2 Å². The molecule has 184 valence electrons. The highest BCUT2D eigenvalue weighted by Gasteiger charge is 2.32. The number of hydrazone groups is 1. The van der Waals surface area contributed by atoms with Crippen LogP contribution < -0.4 is 24.4 Å². The van der Waals surface area contributed by atoms with Gasteiger partial charge in [-0.2, -0.15) is 9.41 Å². The molecule has 2 aromatic rings. The monoisotopic (exact) mass is 491 g/mol. The van der Waals surface area contributed by atoms with Crippen LogP contribution in [0.5, 0.6) is 23.0 Å². The Balaban J connectivity index is 1.58. The number of rotatable bonds is 9. The van der Waals surface area contributed by atoms with Gasteiger partial charge in [-0.05, 0) is 48.7 Å². The molecule has 1 N–H and O–H groups in total. The average Bonchev–Trinajstić information content (AvgIpc) is 2.87. The molecule has 1 amide bonds. The number of methoxy groups -OCH3 is 4. The van der Waals surface area contributed by atoms with Crippen LogP contribution in [-0.4, -0.2) is 66.4 Å². The van der Waals surface area contributed by atoms with Crippen LogP contribution in [0.25, 0.3) is 0 Å². The SMILES string of the molecule is COc1ccc(/C=N\NC(=O)C2CCN(S(=O)(=O)c3ccc(OC)c(OC)c3)CC2)cc1OC. The third-order valence-electron chi connectivity index (χ3n) is 5.61. The zero-order valence-corrected chi connectivity index (χ0v) is 20.4. The molecule has 2 aromatic carbocycles. The number of nitrogens with one attached hydrogen (secondary N) is 1. The minimum atomic E-state index is -3.72. The van der Waals surface area contributed by atoms with Crippen LogP contribution in [-0.2, 0) is 14.8 Å². The molecule has 1 aliphatic heterocycles. The summed E-state index contributed by atoms with van der Waals surface area (Å²) < 4.78 is 48.3. The smallest absolute Gasteiger partial charge is 0.243 e. The zero-order valence-electron chi connectivity index (χ0n) is 19.6. The van der Waals surface area contributed by atoms with Crippen LogP contribution in [0, 0.1) is 5.92 Å². The van der Waals surface area contributed by atoms with Crippen molar-refractivity contribution in [2.24, 2.45) is 11.0 Å². The van der Waals surface area contributed by atoms with E-state index in [2.05, 4.69) is 10.5 Å². The number of piperidine rings is 1. The van der Waals surface area contributed by atoms with Crippen molar-refractivity contribution >= 4 is 22.1 Å². The average molecular weight is 492 g/mol. The van der Waals surface area contributed by atoms with E-state index >= 15 is 0 Å². The van der Waals surface area contributed by atoms with Crippen molar-refractivity contribution in [2.45, 2.75) is 17.7 Å². The lowest BCUT2D eigenvalue weighted by Crippen LogP contribution is -2.42. The molecule has 0 aromatic heterocycles. The second-order valence-corrected chi connectivity index (χ2v) is 9.48. The molecule has 10 nitrogen and oxygen atoms in total. The molecule has 3 rings (SSSR count). The molecule has 0 atom stereocenters. The summed E-state index contributed by atoms with van der Waals surface area (Å²) in [6, 6.07) is 9.76. The fourth-order valence-electron chi connectivity index (χ4n) is 3.68. The topological polar surface area (TPSA) is 116 Å². The number of benzene rings is 2. The summed E-state index contributed by atoms with van der Waals surface area (Å²) in [5, 5.41) is 4.02. The number of carbonyl (C=O) groups is 1. The Morgan fingerprint density at radius 1 is 0.912 bits per heavy atom. The van der Waals surface area contributed by atoms with Crippen molar-refractivity contribution in [3.8, 4) is 23.0 Å². The van der Waals surface area contributed by atoms with Crippen LogP contribution in [0.2, 0.25) is 0 Å². The third kappa shape index (κ3) is 5.60. The summed E-state index contributed by atoms with van der Waals surface area (Å²) in [5.74, 6) is 1.36. The third-order valence-corrected chi connectivity index (χ3v) is 7.51. The molecule has 34 heavy (non-hydrogen) atoms. The maximum atomic E-state index is 13.0. The molecule has 0 spiro atoms. The molecule has 0 aliphatic carbocycles. The van der Waals surface area contributed by atoms with E-state index in [1.54, 1.807) is 31.4 Å². The van der Waals surface area contributed by atoms with Crippen LogP contribution in [0.3, 0.4) is 0 Å². The summed E-state index contributed by atoms with van der Waals surface area (Å²) in [6.45, 7) is 0.461. The van der Waals surface area contributed by atoms with Crippen molar-refractivity contribution in [3.63, 3.8) is 0 Å². The van der Waals surface area contributed by atoms with Gasteiger partial charge in [-0.3, -0.25) is 4.79 Å². The van der Waals surface area contributed by atoms with Gasteiger partial charge in [0.25, 0.3) is 0 Å². The number of sulfonamides is 1. The van der Waals surface area contributed by atoms with E-state index < -0.39 is 10.0 Å². The Morgan fingerprint density at radius 2 is 1.47 bits per heavy atom. The molecular formula is C23H29N3O7S. The van der Waals surface area contributed by atoms with Crippen molar-refractivity contribution in [1.82, 2.24) is 9.73 Å². The van der Waals surface area contributed by atoms with Gasteiger partial charge in [0.15, 0.2) is 23.0 Å². The van der Waals surface area contributed by atoms with Crippen LogP contribution in [0.1, 0.15) is 18.4 Å². The van der Waals surface area contributed by atoms with E-state index in [0.29, 0.717) is 35.8 Å². The second-order valence-electron chi connectivity index (χ2n) is 7.54. The van der Waals surface area contributed by atoms with Gasteiger partial charge in [0.1, 0.15) is 0 Å². The lowest BCUT2D eigenvalue weighted by Gasteiger charge is -2.30. The second kappa shape index (κ2) is 11.2. The summed E-state index contributed by atoms with van der Waals surface area (Å²) in [7, 11) is 2.31. The molecular weight excluding hydrogens is 462 g/mol. The molecule has 1 aliphatic rings. The fourth-order valence-corrected chi connectivity index (χ4v) is 5.16. The maximum Gasteiger partial charge on any atom is 0.243 e. The summed E-state index contributed by atoms with van der Waals surface area (Å²) in [4.78, 5) is 12.6. The van der Waals surface area contributed by atoms with Gasteiger partial charge in [0, 0.05) is 25.1 Å². The fraction of sp³-hybridized carbons (Fsp3) is 0.391. The zero-order chi connectivity index (χ0) is 24.7. The molecule has 1 saturated heterocycles. The Bertz CT molecular complexity index is 1140. The molecule has 0 radical (unpaired) electrons.